The molecule has 2 aliphatic heterocycles. The summed E-state index contributed by atoms with van der Waals surface area (Å²) in [5.74, 6) is 0.523. The number of rotatable bonds is 7. The van der Waals surface area contributed by atoms with Gasteiger partial charge in [-0.25, -0.2) is 9.97 Å². The second kappa shape index (κ2) is 12.4. The number of nitrogens with zero attached hydrogens (tertiary/aromatic N) is 3. The Bertz CT molecular complexity index is 1300. The highest BCUT2D eigenvalue weighted by atomic mass is 19.4. The molecule has 10 heteroatoms. The Morgan fingerprint density at radius 1 is 1.02 bits per heavy atom. The van der Waals surface area contributed by atoms with Gasteiger partial charge in [0.2, 0.25) is 0 Å². The smallest absolute Gasteiger partial charge is 0.381 e. The van der Waals surface area contributed by atoms with Crippen molar-refractivity contribution in [1.82, 2.24) is 20.2 Å². The van der Waals surface area contributed by atoms with Crippen LogP contribution in [0.1, 0.15) is 64.7 Å². The molecule has 0 aliphatic carbocycles. The molecule has 2 fully saturated rings. The van der Waals surface area contributed by atoms with Gasteiger partial charge in [0, 0.05) is 45.0 Å². The summed E-state index contributed by atoms with van der Waals surface area (Å²) < 4.78 is 51.5. The maximum Gasteiger partial charge on any atom is 0.416 e. The van der Waals surface area contributed by atoms with Crippen LogP contribution in [-0.4, -0.2) is 60.3 Å². The molecule has 2 aliphatic rings. The molecule has 1 aromatic heterocycles. The summed E-state index contributed by atoms with van der Waals surface area (Å²) in [6.07, 6.45) is -1.17. The van der Waals surface area contributed by atoms with Crippen molar-refractivity contribution in [3.05, 3.63) is 82.9 Å². The molecule has 2 saturated heterocycles. The minimum Gasteiger partial charge on any atom is -0.381 e. The fourth-order valence-corrected chi connectivity index (χ4v) is 5.12. The molecular formula is C30H33F3N4O3. The van der Waals surface area contributed by atoms with Gasteiger partial charge in [-0.3, -0.25) is 9.69 Å². The van der Waals surface area contributed by atoms with Gasteiger partial charge >= 0.3 is 6.18 Å². The molecular weight excluding hydrogens is 521 g/mol. The van der Waals surface area contributed by atoms with Crippen molar-refractivity contribution in [2.24, 2.45) is 0 Å². The third-order valence-corrected chi connectivity index (χ3v) is 7.50. The van der Waals surface area contributed by atoms with Gasteiger partial charge in [-0.1, -0.05) is 30.3 Å². The average molecular weight is 555 g/mol. The number of amides is 1. The number of alkyl halides is 3. The molecule has 1 atom stereocenters. The van der Waals surface area contributed by atoms with Crippen molar-refractivity contribution in [3.8, 4) is 11.1 Å². The zero-order valence-corrected chi connectivity index (χ0v) is 22.4. The van der Waals surface area contributed by atoms with Crippen molar-refractivity contribution in [3.63, 3.8) is 0 Å². The third-order valence-electron chi connectivity index (χ3n) is 7.50. The monoisotopic (exact) mass is 554 g/mol. The average Bonchev–Trinajstić information content (AvgIpc) is 2.98. The van der Waals surface area contributed by atoms with Gasteiger partial charge < -0.3 is 14.8 Å². The Morgan fingerprint density at radius 2 is 1.73 bits per heavy atom. The Labute approximate surface area is 231 Å². The Hall–Kier alpha value is -3.34. The zero-order valence-electron chi connectivity index (χ0n) is 22.4. The number of halogens is 3. The number of ether oxygens (including phenoxy) is 2. The Morgan fingerprint density at radius 3 is 2.42 bits per heavy atom. The molecule has 7 nitrogen and oxygen atoms in total. The van der Waals surface area contributed by atoms with Crippen molar-refractivity contribution in [2.75, 3.05) is 39.5 Å². The van der Waals surface area contributed by atoms with Crippen LogP contribution in [0.4, 0.5) is 13.2 Å². The van der Waals surface area contributed by atoms with Crippen LogP contribution in [0.5, 0.6) is 0 Å². The lowest BCUT2D eigenvalue weighted by Crippen LogP contribution is -2.35. The molecule has 3 heterocycles. The van der Waals surface area contributed by atoms with Crippen molar-refractivity contribution < 1.29 is 27.4 Å². The van der Waals surface area contributed by atoms with Gasteiger partial charge in [-0.2, -0.15) is 13.2 Å². The van der Waals surface area contributed by atoms with E-state index in [4.69, 9.17) is 9.47 Å². The molecule has 2 aromatic carbocycles. The summed E-state index contributed by atoms with van der Waals surface area (Å²) in [7, 11) is 0. The van der Waals surface area contributed by atoms with Crippen LogP contribution >= 0.6 is 0 Å². The topological polar surface area (TPSA) is 76.6 Å². The maximum atomic E-state index is 13.6. The number of morpholine rings is 1. The van der Waals surface area contributed by atoms with E-state index in [9.17, 15) is 18.0 Å². The van der Waals surface area contributed by atoms with Crippen molar-refractivity contribution in [2.45, 2.75) is 44.4 Å². The lowest BCUT2D eigenvalue weighted by molar-refractivity contribution is -0.137. The largest absolute Gasteiger partial charge is 0.416 e. The molecule has 212 valence electrons. The van der Waals surface area contributed by atoms with E-state index >= 15 is 0 Å². The normalized spacial score (nSPS) is 17.9. The van der Waals surface area contributed by atoms with Gasteiger partial charge in [0.15, 0.2) is 0 Å². The number of benzene rings is 2. The molecule has 5 rings (SSSR count). The molecule has 1 amide bonds. The van der Waals surface area contributed by atoms with Crippen molar-refractivity contribution >= 4 is 5.91 Å². The predicted octanol–water partition coefficient (Wildman–Crippen LogP) is 5.38. The number of hydrogen-bond acceptors (Lipinski definition) is 6. The highest BCUT2D eigenvalue weighted by molar-refractivity contribution is 5.92. The van der Waals surface area contributed by atoms with Crippen LogP contribution in [0.25, 0.3) is 11.1 Å². The number of carbonyl (C=O) groups excluding carboxylic acids is 1. The van der Waals surface area contributed by atoms with E-state index in [0.29, 0.717) is 55.6 Å². The lowest BCUT2D eigenvalue weighted by atomic mass is 9.95. The first-order valence-corrected chi connectivity index (χ1v) is 13.6. The molecule has 3 aromatic rings. The van der Waals surface area contributed by atoms with Gasteiger partial charge in [0.25, 0.3) is 5.91 Å². The first-order chi connectivity index (χ1) is 19.3. The third kappa shape index (κ3) is 6.86. The highest BCUT2D eigenvalue weighted by Crippen LogP contribution is 2.35. The van der Waals surface area contributed by atoms with Gasteiger partial charge in [-0.15, -0.1) is 0 Å². The van der Waals surface area contributed by atoms with E-state index in [1.165, 1.54) is 6.07 Å². The fourth-order valence-electron chi connectivity index (χ4n) is 5.12. The quantitative estimate of drug-likeness (QED) is 0.423. The second-order valence-corrected chi connectivity index (χ2v) is 10.3. The van der Waals surface area contributed by atoms with Crippen LogP contribution in [0.15, 0.2) is 54.7 Å². The minimum atomic E-state index is -4.43. The molecule has 0 spiro atoms. The van der Waals surface area contributed by atoms with E-state index in [0.717, 1.165) is 43.1 Å². The summed E-state index contributed by atoms with van der Waals surface area (Å²) in [6.45, 7) is 6.42. The lowest BCUT2D eigenvalue weighted by Gasteiger charge is -2.27. The van der Waals surface area contributed by atoms with Crippen LogP contribution < -0.4 is 5.32 Å². The number of aromatic nitrogens is 2. The van der Waals surface area contributed by atoms with Gasteiger partial charge in [0.05, 0.1) is 24.8 Å². The number of hydrogen-bond donors (Lipinski definition) is 1. The molecule has 0 radical (unpaired) electrons. The molecule has 0 saturated carbocycles. The summed E-state index contributed by atoms with van der Waals surface area (Å²) in [5, 5.41) is 2.98. The van der Waals surface area contributed by atoms with Crippen LogP contribution in [0.3, 0.4) is 0 Å². The molecule has 1 N–H and O–H groups in total. The fraction of sp³-hybridized carbons (Fsp3) is 0.433. The molecule has 0 unspecified atom stereocenters. The Kier molecular flexibility index (Phi) is 8.78. The van der Waals surface area contributed by atoms with E-state index in [2.05, 4.69) is 20.2 Å². The first-order valence-electron chi connectivity index (χ1n) is 13.6. The Balaban J connectivity index is 1.31. The molecule has 0 bridgehead atoms. The van der Waals surface area contributed by atoms with Crippen LogP contribution in [0.2, 0.25) is 0 Å². The first kappa shape index (κ1) is 28.2. The summed E-state index contributed by atoms with van der Waals surface area (Å²) in [6, 6.07) is 12.5. The van der Waals surface area contributed by atoms with E-state index in [-0.39, 0.29) is 17.9 Å². The number of nitrogens with one attached hydrogen (secondary N) is 1. The zero-order chi connectivity index (χ0) is 28.1. The second-order valence-electron chi connectivity index (χ2n) is 10.3. The van der Waals surface area contributed by atoms with Crippen LogP contribution in [0, 0.1) is 0 Å². The summed E-state index contributed by atoms with van der Waals surface area (Å²) in [5.41, 5.74) is 2.52. The predicted molar refractivity (Wildman–Crippen MR) is 144 cm³/mol. The van der Waals surface area contributed by atoms with Gasteiger partial charge in [-0.05, 0) is 60.2 Å². The maximum absolute atomic E-state index is 13.6. The minimum absolute atomic E-state index is 0.176. The van der Waals surface area contributed by atoms with E-state index in [1.54, 1.807) is 18.3 Å². The number of carbonyl (C=O) groups is 1. The summed E-state index contributed by atoms with van der Waals surface area (Å²) >= 11 is 0. The van der Waals surface area contributed by atoms with Crippen molar-refractivity contribution in [1.29, 1.82) is 0 Å². The molecule has 40 heavy (non-hydrogen) atoms. The summed E-state index contributed by atoms with van der Waals surface area (Å²) in [4.78, 5) is 24.0. The van der Waals surface area contributed by atoms with Gasteiger partial charge in [0.1, 0.15) is 11.5 Å². The highest BCUT2D eigenvalue weighted by Gasteiger charge is 2.31. The van der Waals surface area contributed by atoms with E-state index < -0.39 is 11.7 Å². The SMILES string of the molecule is C[C@@H](NC(=O)c1ccnc(C2CCOCC2)n1)c1ccc(-c2cc(C(F)(F)F)ccc2CN2CCOCC2)cc1. The standard InChI is InChI=1S/C30H33F3N4O3/c1-20(35-29(38)27-8-11-34-28(36-27)23-9-14-39-15-10-23)21-2-4-22(5-3-21)26-18-25(30(31,32)33)7-6-24(26)19-37-12-16-40-17-13-37/h2-8,11,18,20,23H,9-10,12-17,19H2,1H3,(H,35,38)/t20-/m1/s1. The van der Waals surface area contributed by atoms with Crippen LogP contribution in [-0.2, 0) is 22.2 Å². The van der Waals surface area contributed by atoms with E-state index in [1.807, 2.05) is 31.2 Å².